The van der Waals surface area contributed by atoms with E-state index in [0.29, 0.717) is 6.04 Å². The van der Waals surface area contributed by atoms with Crippen LogP contribution in [-0.2, 0) is 0 Å². The van der Waals surface area contributed by atoms with E-state index in [1.54, 1.807) is 0 Å². The van der Waals surface area contributed by atoms with Crippen molar-refractivity contribution < 1.29 is 5.11 Å². The lowest BCUT2D eigenvalue weighted by atomic mass is 10.00. The van der Waals surface area contributed by atoms with Crippen molar-refractivity contribution in [2.75, 3.05) is 18.1 Å². The summed E-state index contributed by atoms with van der Waals surface area (Å²) in [6.07, 6.45) is 4.53. The second kappa shape index (κ2) is 5.99. The summed E-state index contributed by atoms with van der Waals surface area (Å²) in [5.74, 6) is 2.52. The van der Waals surface area contributed by atoms with E-state index >= 15 is 0 Å². The van der Waals surface area contributed by atoms with Gasteiger partial charge in [-0.1, -0.05) is 13.3 Å². The average Bonchev–Trinajstić information content (AvgIpc) is 2.17. The normalized spacial score (nSPS) is 27.2. The maximum absolute atomic E-state index is 9.98. The standard InChI is InChI=1S/C11H23NOS/c1-3-6-11(2,13)9-12-10-5-4-7-14-8-10/h10,12-13H,3-9H2,1-2H3. The smallest absolute Gasteiger partial charge is 0.0743 e. The third-order valence-corrected chi connectivity index (χ3v) is 3.94. The Kier molecular flexibility index (Phi) is 5.28. The van der Waals surface area contributed by atoms with Crippen molar-refractivity contribution in [3.63, 3.8) is 0 Å². The lowest BCUT2D eigenvalue weighted by Crippen LogP contribution is -2.44. The highest BCUT2D eigenvalue weighted by molar-refractivity contribution is 7.99. The minimum absolute atomic E-state index is 0.517. The molecule has 1 aliphatic heterocycles. The second-order valence-electron chi connectivity index (χ2n) is 4.54. The molecule has 2 N–H and O–H groups in total. The summed E-state index contributed by atoms with van der Waals surface area (Å²) in [6, 6.07) is 0.622. The Bertz CT molecular complexity index is 155. The first-order valence-electron chi connectivity index (χ1n) is 5.67. The van der Waals surface area contributed by atoms with Gasteiger partial charge in [0.2, 0.25) is 0 Å². The molecule has 1 heterocycles. The van der Waals surface area contributed by atoms with E-state index in [1.165, 1.54) is 24.3 Å². The summed E-state index contributed by atoms with van der Waals surface area (Å²) in [4.78, 5) is 0. The predicted molar refractivity (Wildman–Crippen MR) is 63.9 cm³/mol. The first-order chi connectivity index (χ1) is 6.64. The predicted octanol–water partition coefficient (Wildman–Crippen LogP) is 2.02. The first kappa shape index (κ1) is 12.3. The molecular weight excluding hydrogens is 194 g/mol. The highest BCUT2D eigenvalue weighted by Gasteiger charge is 2.21. The van der Waals surface area contributed by atoms with E-state index in [2.05, 4.69) is 12.2 Å². The van der Waals surface area contributed by atoms with Gasteiger partial charge in [-0.05, 0) is 31.9 Å². The van der Waals surface area contributed by atoms with Crippen LogP contribution >= 0.6 is 11.8 Å². The second-order valence-corrected chi connectivity index (χ2v) is 5.69. The maximum Gasteiger partial charge on any atom is 0.0743 e. The van der Waals surface area contributed by atoms with Crippen LogP contribution in [-0.4, -0.2) is 34.8 Å². The molecule has 2 unspecified atom stereocenters. The molecule has 0 radical (unpaired) electrons. The fourth-order valence-electron chi connectivity index (χ4n) is 1.89. The van der Waals surface area contributed by atoms with E-state index < -0.39 is 5.60 Å². The molecule has 0 aliphatic carbocycles. The Hall–Kier alpha value is 0.270. The van der Waals surface area contributed by atoms with Gasteiger partial charge in [-0.2, -0.15) is 11.8 Å². The molecule has 0 bridgehead atoms. The molecule has 2 atom stereocenters. The van der Waals surface area contributed by atoms with Gasteiger partial charge in [-0.25, -0.2) is 0 Å². The van der Waals surface area contributed by atoms with Crippen LogP contribution in [0.2, 0.25) is 0 Å². The van der Waals surface area contributed by atoms with Crippen LogP contribution in [0.15, 0.2) is 0 Å². The van der Waals surface area contributed by atoms with Crippen LogP contribution in [0.1, 0.15) is 39.5 Å². The molecule has 0 amide bonds. The fourth-order valence-corrected chi connectivity index (χ4v) is 3.00. The topological polar surface area (TPSA) is 32.3 Å². The molecule has 1 fully saturated rings. The molecule has 0 aromatic heterocycles. The zero-order chi connectivity index (χ0) is 10.4. The van der Waals surface area contributed by atoms with Crippen LogP contribution in [0.5, 0.6) is 0 Å². The third kappa shape index (κ3) is 4.67. The molecule has 84 valence electrons. The van der Waals surface area contributed by atoms with Gasteiger partial charge in [0.25, 0.3) is 0 Å². The fraction of sp³-hybridized carbons (Fsp3) is 1.00. The molecule has 0 aromatic carbocycles. The summed E-state index contributed by atoms with van der Waals surface area (Å²) in [7, 11) is 0. The minimum atomic E-state index is -0.517. The number of hydrogen-bond acceptors (Lipinski definition) is 3. The number of rotatable bonds is 5. The van der Waals surface area contributed by atoms with Crippen LogP contribution in [0.4, 0.5) is 0 Å². The Morgan fingerprint density at radius 3 is 2.93 bits per heavy atom. The molecule has 14 heavy (non-hydrogen) atoms. The number of hydrogen-bond donors (Lipinski definition) is 2. The average molecular weight is 217 g/mol. The van der Waals surface area contributed by atoms with Gasteiger partial charge in [0.05, 0.1) is 5.60 Å². The van der Waals surface area contributed by atoms with Gasteiger partial charge in [-0.3, -0.25) is 0 Å². The Balaban J connectivity index is 2.17. The molecule has 0 aromatic rings. The summed E-state index contributed by atoms with van der Waals surface area (Å²) < 4.78 is 0. The quantitative estimate of drug-likeness (QED) is 0.739. The van der Waals surface area contributed by atoms with Crippen molar-refractivity contribution in [3.8, 4) is 0 Å². The summed E-state index contributed by atoms with van der Waals surface area (Å²) in [6.45, 7) is 4.79. The van der Waals surface area contributed by atoms with Gasteiger partial charge in [0, 0.05) is 18.3 Å². The third-order valence-electron chi connectivity index (χ3n) is 2.72. The molecule has 2 nitrogen and oxygen atoms in total. The Morgan fingerprint density at radius 1 is 1.57 bits per heavy atom. The van der Waals surface area contributed by atoms with E-state index in [9.17, 15) is 5.11 Å². The number of thioether (sulfide) groups is 1. The van der Waals surface area contributed by atoms with E-state index in [1.807, 2.05) is 18.7 Å². The zero-order valence-corrected chi connectivity index (χ0v) is 10.2. The maximum atomic E-state index is 9.98. The van der Waals surface area contributed by atoms with Crippen LogP contribution in [0.25, 0.3) is 0 Å². The van der Waals surface area contributed by atoms with Crippen molar-refractivity contribution in [2.45, 2.75) is 51.2 Å². The first-order valence-corrected chi connectivity index (χ1v) is 6.83. The largest absolute Gasteiger partial charge is 0.389 e. The molecule has 1 saturated heterocycles. The monoisotopic (exact) mass is 217 g/mol. The van der Waals surface area contributed by atoms with Gasteiger partial charge < -0.3 is 10.4 Å². The highest BCUT2D eigenvalue weighted by Crippen LogP contribution is 2.18. The zero-order valence-electron chi connectivity index (χ0n) is 9.38. The van der Waals surface area contributed by atoms with Crippen LogP contribution in [0.3, 0.4) is 0 Å². The van der Waals surface area contributed by atoms with Gasteiger partial charge in [-0.15, -0.1) is 0 Å². The Morgan fingerprint density at radius 2 is 2.36 bits per heavy atom. The number of aliphatic hydroxyl groups is 1. The number of nitrogens with one attached hydrogen (secondary N) is 1. The molecule has 0 spiro atoms. The molecule has 1 rings (SSSR count). The minimum Gasteiger partial charge on any atom is -0.389 e. The lowest BCUT2D eigenvalue weighted by molar-refractivity contribution is 0.0475. The van der Waals surface area contributed by atoms with E-state index in [0.717, 1.165) is 19.4 Å². The Labute approximate surface area is 91.9 Å². The van der Waals surface area contributed by atoms with Gasteiger partial charge in [0.15, 0.2) is 0 Å². The SMILES string of the molecule is CCCC(C)(O)CNC1CCCSC1. The molecule has 1 aliphatic rings. The van der Waals surface area contributed by atoms with Crippen molar-refractivity contribution in [3.05, 3.63) is 0 Å². The molecular formula is C11H23NOS. The van der Waals surface area contributed by atoms with Crippen molar-refractivity contribution in [2.24, 2.45) is 0 Å². The van der Waals surface area contributed by atoms with Gasteiger partial charge >= 0.3 is 0 Å². The summed E-state index contributed by atoms with van der Waals surface area (Å²) >= 11 is 2.02. The van der Waals surface area contributed by atoms with Crippen LogP contribution < -0.4 is 5.32 Å². The van der Waals surface area contributed by atoms with Crippen molar-refractivity contribution >= 4 is 11.8 Å². The van der Waals surface area contributed by atoms with E-state index in [4.69, 9.17) is 0 Å². The van der Waals surface area contributed by atoms with Crippen molar-refractivity contribution in [1.82, 2.24) is 5.32 Å². The summed E-state index contributed by atoms with van der Waals surface area (Å²) in [5.41, 5.74) is -0.517. The van der Waals surface area contributed by atoms with Gasteiger partial charge in [0.1, 0.15) is 0 Å². The van der Waals surface area contributed by atoms with Crippen LogP contribution in [0, 0.1) is 0 Å². The highest BCUT2D eigenvalue weighted by atomic mass is 32.2. The molecule has 3 heteroatoms. The lowest BCUT2D eigenvalue weighted by Gasteiger charge is -2.28. The van der Waals surface area contributed by atoms with Crippen molar-refractivity contribution in [1.29, 1.82) is 0 Å². The van der Waals surface area contributed by atoms with E-state index in [-0.39, 0.29) is 0 Å². The molecule has 0 saturated carbocycles. The summed E-state index contributed by atoms with van der Waals surface area (Å²) in [5, 5.41) is 13.5.